The second kappa shape index (κ2) is 7.31. The Hall–Kier alpha value is -3.01. The van der Waals surface area contributed by atoms with Crippen molar-refractivity contribution >= 4 is 39.0 Å². The summed E-state index contributed by atoms with van der Waals surface area (Å²) in [5.74, 6) is 5.55. The predicted molar refractivity (Wildman–Crippen MR) is 102 cm³/mol. The smallest absolute Gasteiger partial charge is 0.284 e. The molecule has 138 valence electrons. The minimum atomic E-state index is -0.463. The highest BCUT2D eigenvalue weighted by Crippen LogP contribution is 2.32. The number of methoxy groups -OCH3 is 1. The molecule has 0 aliphatic carbocycles. The zero-order valence-corrected chi connectivity index (χ0v) is 15.3. The van der Waals surface area contributed by atoms with Crippen LogP contribution in [0.3, 0.4) is 0 Å². The fraction of sp³-hybridized carbons (Fsp3) is 0.167. The first kappa shape index (κ1) is 17.4. The van der Waals surface area contributed by atoms with Crippen molar-refractivity contribution in [2.75, 3.05) is 7.11 Å². The first-order valence-corrected chi connectivity index (χ1v) is 9.03. The van der Waals surface area contributed by atoms with E-state index in [1.165, 1.54) is 0 Å². The number of aromatic nitrogens is 3. The van der Waals surface area contributed by atoms with E-state index in [4.69, 9.17) is 15.3 Å². The number of fused-ring (bicyclic) bond motifs is 3. The molecule has 1 aromatic carbocycles. The molecule has 0 atom stereocenters. The first-order chi connectivity index (χ1) is 13.2. The predicted octanol–water partition coefficient (Wildman–Crippen LogP) is 2.50. The molecule has 9 heteroatoms. The SMILES string of the molecule is COCc1c(C(=O)NN)ncc2[nH]c3ccc(OCc4nccs4)cc3c12. The van der Waals surface area contributed by atoms with Gasteiger partial charge in [-0.3, -0.25) is 10.2 Å². The van der Waals surface area contributed by atoms with Crippen LogP contribution in [0, 0.1) is 0 Å². The Balaban J connectivity index is 1.83. The summed E-state index contributed by atoms with van der Waals surface area (Å²) >= 11 is 1.54. The van der Waals surface area contributed by atoms with Crippen molar-refractivity contribution < 1.29 is 14.3 Å². The number of nitrogen functional groups attached to an aromatic ring is 1. The van der Waals surface area contributed by atoms with Crippen molar-refractivity contribution in [2.45, 2.75) is 13.2 Å². The lowest BCUT2D eigenvalue weighted by atomic mass is 10.1. The number of nitrogens with zero attached hydrogens (tertiary/aromatic N) is 2. The van der Waals surface area contributed by atoms with Crippen molar-refractivity contribution in [2.24, 2.45) is 5.84 Å². The lowest BCUT2D eigenvalue weighted by Gasteiger charge is -2.09. The van der Waals surface area contributed by atoms with Crippen molar-refractivity contribution in [3.8, 4) is 5.75 Å². The molecule has 0 fully saturated rings. The van der Waals surface area contributed by atoms with Gasteiger partial charge in [0.25, 0.3) is 5.91 Å². The number of hydrogen-bond donors (Lipinski definition) is 3. The van der Waals surface area contributed by atoms with Crippen LogP contribution in [0.5, 0.6) is 5.75 Å². The molecule has 27 heavy (non-hydrogen) atoms. The number of ether oxygens (including phenoxy) is 2. The Labute approximate surface area is 158 Å². The summed E-state index contributed by atoms with van der Waals surface area (Å²) in [6.07, 6.45) is 3.37. The van der Waals surface area contributed by atoms with Gasteiger partial charge in [0.15, 0.2) is 0 Å². The van der Waals surface area contributed by atoms with Crippen LogP contribution in [0.25, 0.3) is 21.8 Å². The van der Waals surface area contributed by atoms with Crippen LogP contribution < -0.4 is 16.0 Å². The van der Waals surface area contributed by atoms with E-state index in [2.05, 4.69) is 20.4 Å². The van der Waals surface area contributed by atoms with E-state index in [0.717, 1.165) is 26.8 Å². The maximum absolute atomic E-state index is 12.1. The van der Waals surface area contributed by atoms with E-state index in [0.29, 0.717) is 17.9 Å². The summed E-state index contributed by atoms with van der Waals surface area (Å²) in [5, 5.41) is 4.60. The lowest BCUT2D eigenvalue weighted by molar-refractivity contribution is 0.0943. The molecule has 4 aromatic rings. The normalized spacial score (nSPS) is 11.2. The molecule has 3 heterocycles. The monoisotopic (exact) mass is 383 g/mol. The maximum Gasteiger partial charge on any atom is 0.284 e. The van der Waals surface area contributed by atoms with Crippen LogP contribution in [0.1, 0.15) is 21.1 Å². The molecule has 3 aromatic heterocycles. The number of benzene rings is 1. The van der Waals surface area contributed by atoms with Gasteiger partial charge in [0, 0.05) is 40.5 Å². The van der Waals surface area contributed by atoms with E-state index < -0.39 is 5.91 Å². The second-order valence-electron chi connectivity index (χ2n) is 5.83. The van der Waals surface area contributed by atoms with Gasteiger partial charge in [0.05, 0.1) is 18.3 Å². The molecule has 0 radical (unpaired) electrons. The summed E-state index contributed by atoms with van der Waals surface area (Å²) in [7, 11) is 1.57. The third-order valence-corrected chi connectivity index (χ3v) is 4.94. The molecular weight excluding hydrogens is 366 g/mol. The number of aromatic amines is 1. The van der Waals surface area contributed by atoms with Gasteiger partial charge in [-0.15, -0.1) is 11.3 Å². The zero-order valence-electron chi connectivity index (χ0n) is 14.5. The number of amides is 1. The fourth-order valence-electron chi connectivity index (χ4n) is 3.05. The van der Waals surface area contributed by atoms with Crippen LogP contribution >= 0.6 is 11.3 Å². The Morgan fingerprint density at radius 2 is 2.19 bits per heavy atom. The van der Waals surface area contributed by atoms with Crippen molar-refractivity contribution in [3.63, 3.8) is 0 Å². The van der Waals surface area contributed by atoms with Crippen LogP contribution in [0.2, 0.25) is 0 Å². The summed E-state index contributed by atoms with van der Waals surface area (Å²) in [5.41, 5.74) is 4.76. The van der Waals surface area contributed by atoms with Gasteiger partial charge < -0.3 is 14.5 Å². The largest absolute Gasteiger partial charge is 0.486 e. The van der Waals surface area contributed by atoms with Crippen molar-refractivity contribution in [1.82, 2.24) is 20.4 Å². The number of H-pyrrole nitrogens is 1. The van der Waals surface area contributed by atoms with Crippen molar-refractivity contribution in [1.29, 1.82) is 0 Å². The fourth-order valence-corrected chi connectivity index (χ4v) is 3.57. The highest BCUT2D eigenvalue weighted by atomic mass is 32.1. The highest BCUT2D eigenvalue weighted by Gasteiger charge is 2.19. The Kier molecular flexibility index (Phi) is 4.71. The van der Waals surface area contributed by atoms with Gasteiger partial charge >= 0.3 is 0 Å². The van der Waals surface area contributed by atoms with E-state index in [9.17, 15) is 4.79 Å². The number of carbonyl (C=O) groups excluding carboxylic acids is 1. The van der Waals surface area contributed by atoms with E-state index in [1.807, 2.05) is 23.6 Å². The number of nitrogens with one attached hydrogen (secondary N) is 2. The maximum atomic E-state index is 12.1. The molecule has 0 unspecified atom stereocenters. The zero-order chi connectivity index (χ0) is 18.8. The molecule has 8 nitrogen and oxygen atoms in total. The summed E-state index contributed by atoms with van der Waals surface area (Å²) in [6, 6.07) is 5.76. The first-order valence-electron chi connectivity index (χ1n) is 8.15. The molecule has 1 amide bonds. The second-order valence-corrected chi connectivity index (χ2v) is 6.81. The number of nitrogens with two attached hydrogens (primary N) is 1. The van der Waals surface area contributed by atoms with Gasteiger partial charge in [-0.2, -0.15) is 0 Å². The van der Waals surface area contributed by atoms with Gasteiger partial charge in [0.2, 0.25) is 0 Å². The quantitative estimate of drug-likeness (QED) is 0.268. The topological polar surface area (TPSA) is 115 Å². The van der Waals surface area contributed by atoms with Crippen LogP contribution in [0.15, 0.2) is 36.0 Å². The molecule has 4 rings (SSSR count). The average Bonchev–Trinajstić information content (AvgIpc) is 3.33. The Morgan fingerprint density at radius 1 is 1.30 bits per heavy atom. The number of carbonyl (C=O) groups is 1. The third kappa shape index (κ3) is 3.23. The lowest BCUT2D eigenvalue weighted by Crippen LogP contribution is -2.31. The molecule has 0 bridgehead atoms. The molecule has 0 saturated carbocycles. The number of pyridine rings is 1. The standard InChI is InChI=1S/C18H17N5O3S/c1-25-8-12-16-11-6-10(26-9-15-20-4-5-27-15)2-3-13(11)22-14(16)7-21-17(12)18(24)23-19/h2-7,22H,8-9,19H2,1H3,(H,23,24). The summed E-state index contributed by atoms with van der Waals surface area (Å²) in [6.45, 7) is 0.628. The molecule has 0 aliphatic rings. The minimum absolute atomic E-state index is 0.226. The molecule has 4 N–H and O–H groups in total. The van der Waals surface area contributed by atoms with Crippen LogP contribution in [0.4, 0.5) is 0 Å². The third-order valence-electron chi connectivity index (χ3n) is 4.19. The van der Waals surface area contributed by atoms with Crippen LogP contribution in [-0.4, -0.2) is 28.0 Å². The van der Waals surface area contributed by atoms with E-state index >= 15 is 0 Å². The van der Waals surface area contributed by atoms with Gasteiger partial charge in [-0.25, -0.2) is 15.8 Å². The number of hydrazine groups is 1. The van der Waals surface area contributed by atoms with Crippen LogP contribution in [-0.2, 0) is 18.0 Å². The molecular formula is C18H17N5O3S. The highest BCUT2D eigenvalue weighted by molar-refractivity contribution is 7.09. The molecule has 0 saturated heterocycles. The van der Waals surface area contributed by atoms with Gasteiger partial charge in [0.1, 0.15) is 23.1 Å². The number of thiazole rings is 1. The molecule has 0 aliphatic heterocycles. The average molecular weight is 383 g/mol. The minimum Gasteiger partial charge on any atom is -0.486 e. The van der Waals surface area contributed by atoms with E-state index in [1.54, 1.807) is 30.8 Å². The summed E-state index contributed by atoms with van der Waals surface area (Å²) in [4.78, 5) is 23.9. The summed E-state index contributed by atoms with van der Waals surface area (Å²) < 4.78 is 11.2. The van der Waals surface area contributed by atoms with Crippen molar-refractivity contribution in [3.05, 3.63) is 52.2 Å². The van der Waals surface area contributed by atoms with Gasteiger partial charge in [-0.1, -0.05) is 0 Å². The molecule has 0 spiro atoms. The Bertz CT molecular complexity index is 1110. The number of rotatable bonds is 6. The Morgan fingerprint density at radius 3 is 2.93 bits per heavy atom. The number of hydrogen-bond acceptors (Lipinski definition) is 7. The van der Waals surface area contributed by atoms with E-state index in [-0.39, 0.29) is 12.3 Å². The van der Waals surface area contributed by atoms with Gasteiger partial charge in [-0.05, 0) is 18.2 Å².